The standard InChI is InChI=1S/C13H29NO/c1-12(2,3)10-14(8-7-9-15)11-13(4,5)6/h15H,7-11H2,1-6H3. The second-order valence-electron chi connectivity index (χ2n) is 6.91. The van der Waals surface area contributed by atoms with Crippen LogP contribution < -0.4 is 0 Å². The van der Waals surface area contributed by atoms with Crippen molar-refractivity contribution >= 4 is 0 Å². The van der Waals surface area contributed by atoms with Gasteiger partial charge in [0.2, 0.25) is 0 Å². The third kappa shape index (κ3) is 10.2. The van der Waals surface area contributed by atoms with Gasteiger partial charge in [0.25, 0.3) is 0 Å². The molecule has 0 radical (unpaired) electrons. The van der Waals surface area contributed by atoms with E-state index in [1.807, 2.05) is 0 Å². The van der Waals surface area contributed by atoms with Crippen LogP contribution in [0.2, 0.25) is 0 Å². The Labute approximate surface area is 95.7 Å². The van der Waals surface area contributed by atoms with Crippen molar-refractivity contribution in [2.75, 3.05) is 26.2 Å². The average Bonchev–Trinajstić information content (AvgIpc) is 1.94. The SMILES string of the molecule is CC(C)(C)CN(CCCO)CC(C)(C)C. The average molecular weight is 215 g/mol. The van der Waals surface area contributed by atoms with Crippen LogP contribution in [0.25, 0.3) is 0 Å². The molecule has 0 aromatic rings. The Morgan fingerprint density at radius 1 is 0.867 bits per heavy atom. The molecule has 2 heteroatoms. The number of nitrogens with zero attached hydrogens (tertiary/aromatic N) is 1. The van der Waals surface area contributed by atoms with Crippen LogP contribution in [-0.2, 0) is 0 Å². The minimum Gasteiger partial charge on any atom is -0.396 e. The lowest BCUT2D eigenvalue weighted by Gasteiger charge is -2.34. The highest BCUT2D eigenvalue weighted by atomic mass is 16.3. The van der Waals surface area contributed by atoms with E-state index < -0.39 is 0 Å². The Morgan fingerprint density at radius 3 is 1.53 bits per heavy atom. The highest BCUT2D eigenvalue weighted by Gasteiger charge is 2.20. The molecular weight excluding hydrogens is 186 g/mol. The van der Waals surface area contributed by atoms with Gasteiger partial charge in [0.1, 0.15) is 0 Å². The Kier molecular flexibility index (Phi) is 5.82. The number of aliphatic hydroxyl groups is 1. The highest BCUT2D eigenvalue weighted by Crippen LogP contribution is 2.20. The summed E-state index contributed by atoms with van der Waals surface area (Å²) >= 11 is 0. The lowest BCUT2D eigenvalue weighted by molar-refractivity contribution is 0.130. The zero-order chi connectivity index (χ0) is 12.1. The van der Waals surface area contributed by atoms with Crippen molar-refractivity contribution in [2.24, 2.45) is 10.8 Å². The lowest BCUT2D eigenvalue weighted by atomic mass is 9.92. The first-order chi connectivity index (χ1) is 6.64. The molecule has 0 aliphatic carbocycles. The van der Waals surface area contributed by atoms with E-state index in [0.29, 0.717) is 17.4 Å². The predicted octanol–water partition coefficient (Wildman–Crippen LogP) is 2.76. The van der Waals surface area contributed by atoms with Gasteiger partial charge >= 0.3 is 0 Å². The molecule has 0 rings (SSSR count). The second kappa shape index (κ2) is 5.86. The van der Waals surface area contributed by atoms with Gasteiger partial charge in [0.05, 0.1) is 0 Å². The molecule has 0 aliphatic heterocycles. The van der Waals surface area contributed by atoms with Crippen LogP contribution in [-0.4, -0.2) is 36.2 Å². The fourth-order valence-electron chi connectivity index (χ4n) is 1.85. The number of aliphatic hydroxyl groups excluding tert-OH is 1. The first-order valence-corrected chi connectivity index (χ1v) is 5.97. The molecule has 2 nitrogen and oxygen atoms in total. The molecule has 92 valence electrons. The van der Waals surface area contributed by atoms with Crippen LogP contribution in [0.1, 0.15) is 48.0 Å². The van der Waals surface area contributed by atoms with Crippen molar-refractivity contribution in [3.05, 3.63) is 0 Å². The Bertz CT molecular complexity index is 148. The fourth-order valence-corrected chi connectivity index (χ4v) is 1.85. The Hall–Kier alpha value is -0.0800. The van der Waals surface area contributed by atoms with Crippen LogP contribution in [0.4, 0.5) is 0 Å². The molecule has 0 aromatic carbocycles. The quantitative estimate of drug-likeness (QED) is 0.762. The maximum absolute atomic E-state index is 8.89. The van der Waals surface area contributed by atoms with Crippen molar-refractivity contribution in [3.8, 4) is 0 Å². The number of rotatable bonds is 5. The maximum Gasteiger partial charge on any atom is 0.0443 e. The van der Waals surface area contributed by atoms with E-state index in [1.54, 1.807) is 0 Å². The minimum atomic E-state index is 0.296. The monoisotopic (exact) mass is 215 g/mol. The van der Waals surface area contributed by atoms with Crippen molar-refractivity contribution in [1.29, 1.82) is 0 Å². The van der Waals surface area contributed by atoms with Crippen LogP contribution in [0, 0.1) is 10.8 Å². The maximum atomic E-state index is 8.89. The first-order valence-electron chi connectivity index (χ1n) is 5.97. The molecular formula is C13H29NO. The Morgan fingerprint density at radius 2 is 1.27 bits per heavy atom. The summed E-state index contributed by atoms with van der Waals surface area (Å²) in [6.07, 6.45) is 0.881. The van der Waals surface area contributed by atoms with Crippen molar-refractivity contribution in [1.82, 2.24) is 4.90 Å². The highest BCUT2D eigenvalue weighted by molar-refractivity contribution is 4.74. The topological polar surface area (TPSA) is 23.5 Å². The smallest absolute Gasteiger partial charge is 0.0443 e. The summed E-state index contributed by atoms with van der Waals surface area (Å²) in [7, 11) is 0. The third-order valence-electron chi connectivity index (χ3n) is 2.03. The molecule has 0 unspecified atom stereocenters. The zero-order valence-electron chi connectivity index (χ0n) is 11.4. The van der Waals surface area contributed by atoms with Gasteiger partial charge in [-0.1, -0.05) is 41.5 Å². The molecule has 0 heterocycles. The van der Waals surface area contributed by atoms with E-state index in [4.69, 9.17) is 5.11 Å². The molecule has 0 atom stereocenters. The molecule has 0 aliphatic rings. The lowest BCUT2D eigenvalue weighted by Crippen LogP contribution is -2.39. The summed E-state index contributed by atoms with van der Waals surface area (Å²) in [5, 5.41) is 8.89. The van der Waals surface area contributed by atoms with E-state index in [2.05, 4.69) is 46.4 Å². The molecule has 0 fully saturated rings. The summed E-state index contributed by atoms with van der Waals surface area (Å²) < 4.78 is 0. The number of hydrogen-bond donors (Lipinski definition) is 1. The summed E-state index contributed by atoms with van der Waals surface area (Å²) in [6, 6.07) is 0. The van der Waals surface area contributed by atoms with Gasteiger partial charge in [-0.3, -0.25) is 0 Å². The van der Waals surface area contributed by atoms with Gasteiger partial charge in [-0.2, -0.15) is 0 Å². The van der Waals surface area contributed by atoms with Gasteiger partial charge in [-0.05, 0) is 17.3 Å². The summed E-state index contributed by atoms with van der Waals surface area (Å²) in [6.45, 7) is 17.1. The van der Waals surface area contributed by atoms with Gasteiger partial charge in [-0.25, -0.2) is 0 Å². The van der Waals surface area contributed by atoms with E-state index in [0.717, 1.165) is 26.1 Å². The molecule has 15 heavy (non-hydrogen) atoms. The predicted molar refractivity (Wildman–Crippen MR) is 67.1 cm³/mol. The van der Waals surface area contributed by atoms with Gasteiger partial charge in [-0.15, -0.1) is 0 Å². The third-order valence-corrected chi connectivity index (χ3v) is 2.03. The van der Waals surface area contributed by atoms with Gasteiger partial charge in [0, 0.05) is 26.2 Å². The van der Waals surface area contributed by atoms with Crippen molar-refractivity contribution in [3.63, 3.8) is 0 Å². The molecule has 0 bridgehead atoms. The van der Waals surface area contributed by atoms with E-state index in [1.165, 1.54) is 0 Å². The van der Waals surface area contributed by atoms with Gasteiger partial charge < -0.3 is 10.0 Å². The van der Waals surface area contributed by atoms with E-state index in [-0.39, 0.29) is 0 Å². The molecule has 0 aromatic heterocycles. The molecule has 0 saturated heterocycles. The summed E-state index contributed by atoms with van der Waals surface area (Å²) in [5.74, 6) is 0. The van der Waals surface area contributed by atoms with Crippen LogP contribution in [0.15, 0.2) is 0 Å². The van der Waals surface area contributed by atoms with Crippen molar-refractivity contribution < 1.29 is 5.11 Å². The van der Waals surface area contributed by atoms with Crippen LogP contribution in [0.3, 0.4) is 0 Å². The first kappa shape index (κ1) is 14.9. The molecule has 0 saturated carbocycles. The second-order valence-corrected chi connectivity index (χ2v) is 6.91. The molecule has 0 amide bonds. The van der Waals surface area contributed by atoms with E-state index in [9.17, 15) is 0 Å². The van der Waals surface area contributed by atoms with Crippen LogP contribution >= 0.6 is 0 Å². The van der Waals surface area contributed by atoms with Crippen molar-refractivity contribution in [2.45, 2.75) is 48.0 Å². The largest absolute Gasteiger partial charge is 0.396 e. The van der Waals surface area contributed by atoms with Gasteiger partial charge in [0.15, 0.2) is 0 Å². The number of hydrogen-bond acceptors (Lipinski definition) is 2. The molecule has 0 spiro atoms. The van der Waals surface area contributed by atoms with E-state index >= 15 is 0 Å². The summed E-state index contributed by atoms with van der Waals surface area (Å²) in [4.78, 5) is 2.47. The zero-order valence-corrected chi connectivity index (χ0v) is 11.4. The normalized spacial score (nSPS) is 13.6. The minimum absolute atomic E-state index is 0.296. The molecule has 1 N–H and O–H groups in total. The fraction of sp³-hybridized carbons (Fsp3) is 1.00. The Balaban J connectivity index is 4.19. The van der Waals surface area contributed by atoms with Crippen LogP contribution in [0.5, 0.6) is 0 Å². The summed E-state index contributed by atoms with van der Waals surface area (Å²) in [5.41, 5.74) is 0.668.